The lowest BCUT2D eigenvalue weighted by molar-refractivity contribution is 0.283. The molecule has 5 nitrogen and oxygen atoms in total. The second-order valence-electron chi connectivity index (χ2n) is 4.70. The van der Waals surface area contributed by atoms with E-state index in [4.69, 9.17) is 15.4 Å². The third kappa shape index (κ3) is 3.95. The van der Waals surface area contributed by atoms with Gasteiger partial charge >= 0.3 is 0 Å². The Bertz CT molecular complexity index is 744. The number of aromatic nitrogens is 2. The SMILES string of the molecule is CC(C)n1ccc(COc2ccc(S(=O)(=O)Cl)cc2F)n1. The number of benzene rings is 1. The Morgan fingerprint density at radius 1 is 1.38 bits per heavy atom. The van der Waals surface area contributed by atoms with Gasteiger partial charge in [0.2, 0.25) is 0 Å². The van der Waals surface area contributed by atoms with E-state index in [0.717, 1.165) is 6.07 Å². The maximum Gasteiger partial charge on any atom is 0.261 e. The number of hydrogen-bond donors (Lipinski definition) is 0. The summed E-state index contributed by atoms with van der Waals surface area (Å²) in [5.41, 5.74) is 0.650. The van der Waals surface area contributed by atoms with E-state index in [1.807, 2.05) is 20.0 Å². The quantitative estimate of drug-likeness (QED) is 0.789. The number of halogens is 2. The Morgan fingerprint density at radius 3 is 2.62 bits per heavy atom. The summed E-state index contributed by atoms with van der Waals surface area (Å²) in [6.07, 6.45) is 1.81. The molecule has 0 aliphatic carbocycles. The van der Waals surface area contributed by atoms with E-state index in [-0.39, 0.29) is 23.3 Å². The lowest BCUT2D eigenvalue weighted by Gasteiger charge is -2.07. The molecule has 0 atom stereocenters. The zero-order valence-corrected chi connectivity index (χ0v) is 13.0. The maximum atomic E-state index is 13.7. The van der Waals surface area contributed by atoms with Gasteiger partial charge in [-0.3, -0.25) is 4.68 Å². The molecule has 0 spiro atoms. The fraction of sp³-hybridized carbons (Fsp3) is 0.308. The molecular formula is C13H14ClFN2O3S. The molecule has 0 radical (unpaired) electrons. The summed E-state index contributed by atoms with van der Waals surface area (Å²) in [4.78, 5) is -0.307. The van der Waals surface area contributed by atoms with Crippen LogP contribution >= 0.6 is 10.7 Å². The van der Waals surface area contributed by atoms with Gasteiger partial charge in [-0.25, -0.2) is 12.8 Å². The van der Waals surface area contributed by atoms with Crippen LogP contribution in [0.4, 0.5) is 4.39 Å². The number of hydrogen-bond acceptors (Lipinski definition) is 4. The molecule has 1 heterocycles. The van der Waals surface area contributed by atoms with Gasteiger partial charge in [-0.05, 0) is 38.1 Å². The second-order valence-corrected chi connectivity index (χ2v) is 7.27. The van der Waals surface area contributed by atoms with Crippen molar-refractivity contribution in [1.29, 1.82) is 0 Å². The van der Waals surface area contributed by atoms with Crippen LogP contribution in [0.1, 0.15) is 25.6 Å². The molecule has 8 heteroatoms. The highest BCUT2D eigenvalue weighted by molar-refractivity contribution is 8.13. The molecule has 0 saturated carbocycles. The third-order valence-corrected chi connectivity index (χ3v) is 4.10. The van der Waals surface area contributed by atoms with Crippen molar-refractivity contribution in [3.8, 4) is 5.75 Å². The lowest BCUT2D eigenvalue weighted by Crippen LogP contribution is -2.04. The first-order valence-electron chi connectivity index (χ1n) is 6.18. The molecule has 0 bridgehead atoms. The molecular weight excluding hydrogens is 319 g/mol. The fourth-order valence-electron chi connectivity index (χ4n) is 1.64. The van der Waals surface area contributed by atoms with Gasteiger partial charge in [0.1, 0.15) is 6.61 Å². The lowest BCUT2D eigenvalue weighted by atomic mass is 10.3. The molecule has 0 unspecified atom stereocenters. The van der Waals surface area contributed by atoms with Crippen LogP contribution in [0.3, 0.4) is 0 Å². The monoisotopic (exact) mass is 332 g/mol. The Hall–Kier alpha value is -1.60. The van der Waals surface area contributed by atoms with Crippen LogP contribution in [0.25, 0.3) is 0 Å². The molecule has 2 rings (SSSR count). The van der Waals surface area contributed by atoms with Gasteiger partial charge < -0.3 is 4.74 Å². The smallest absolute Gasteiger partial charge is 0.261 e. The average molecular weight is 333 g/mol. The minimum Gasteiger partial charge on any atom is -0.484 e. The molecule has 0 amide bonds. The van der Waals surface area contributed by atoms with E-state index >= 15 is 0 Å². The Balaban J connectivity index is 2.09. The predicted octanol–water partition coefficient (Wildman–Crippen LogP) is 3.11. The fourth-order valence-corrected chi connectivity index (χ4v) is 2.41. The second kappa shape index (κ2) is 6.03. The topological polar surface area (TPSA) is 61.2 Å². The normalized spacial score (nSPS) is 11.9. The van der Waals surface area contributed by atoms with E-state index in [9.17, 15) is 12.8 Å². The highest BCUT2D eigenvalue weighted by atomic mass is 35.7. The summed E-state index contributed by atoms with van der Waals surface area (Å²) < 4.78 is 43.0. The zero-order chi connectivity index (χ0) is 15.6. The minimum atomic E-state index is -3.95. The summed E-state index contributed by atoms with van der Waals surface area (Å²) in [5, 5.41) is 4.26. The molecule has 2 aromatic rings. The van der Waals surface area contributed by atoms with Crippen molar-refractivity contribution in [2.45, 2.75) is 31.4 Å². The van der Waals surface area contributed by atoms with Crippen LogP contribution in [0.2, 0.25) is 0 Å². The summed E-state index contributed by atoms with van der Waals surface area (Å²) in [5.74, 6) is -0.849. The van der Waals surface area contributed by atoms with Crippen LogP contribution in [0.5, 0.6) is 5.75 Å². The molecule has 1 aromatic heterocycles. The molecule has 21 heavy (non-hydrogen) atoms. The Kier molecular flexibility index (Phi) is 4.53. The summed E-state index contributed by atoms with van der Waals surface area (Å²) >= 11 is 0. The van der Waals surface area contributed by atoms with Crippen molar-refractivity contribution in [2.24, 2.45) is 0 Å². The van der Waals surface area contributed by atoms with E-state index < -0.39 is 14.9 Å². The molecule has 1 aromatic carbocycles. The van der Waals surface area contributed by atoms with Gasteiger partial charge in [-0.2, -0.15) is 5.10 Å². The van der Waals surface area contributed by atoms with Crippen LogP contribution in [0.15, 0.2) is 35.4 Å². The van der Waals surface area contributed by atoms with Crippen molar-refractivity contribution in [3.63, 3.8) is 0 Å². The van der Waals surface area contributed by atoms with E-state index in [1.54, 1.807) is 10.7 Å². The van der Waals surface area contributed by atoms with Gasteiger partial charge in [-0.1, -0.05) is 0 Å². The van der Waals surface area contributed by atoms with Gasteiger partial charge in [0, 0.05) is 22.9 Å². The highest BCUT2D eigenvalue weighted by Crippen LogP contribution is 2.23. The zero-order valence-electron chi connectivity index (χ0n) is 11.5. The first-order valence-corrected chi connectivity index (χ1v) is 8.49. The number of nitrogens with zero attached hydrogens (tertiary/aromatic N) is 2. The van der Waals surface area contributed by atoms with Crippen LogP contribution in [-0.4, -0.2) is 18.2 Å². The molecule has 0 saturated heterocycles. The molecule has 0 fully saturated rings. The summed E-state index contributed by atoms with van der Waals surface area (Å²) in [7, 11) is 1.19. The first kappa shape index (κ1) is 15.8. The molecule has 0 aliphatic heterocycles. The van der Waals surface area contributed by atoms with Crippen molar-refractivity contribution >= 4 is 19.7 Å². The van der Waals surface area contributed by atoms with Crippen LogP contribution in [-0.2, 0) is 15.7 Å². The number of rotatable bonds is 5. The van der Waals surface area contributed by atoms with E-state index in [0.29, 0.717) is 5.69 Å². The minimum absolute atomic E-state index is 0.0573. The Morgan fingerprint density at radius 2 is 2.10 bits per heavy atom. The first-order chi connectivity index (χ1) is 9.77. The van der Waals surface area contributed by atoms with Crippen LogP contribution in [0, 0.1) is 5.82 Å². The van der Waals surface area contributed by atoms with E-state index in [2.05, 4.69) is 5.10 Å². The predicted molar refractivity (Wildman–Crippen MR) is 76.4 cm³/mol. The van der Waals surface area contributed by atoms with Crippen molar-refractivity contribution in [2.75, 3.05) is 0 Å². The molecule has 0 N–H and O–H groups in total. The van der Waals surface area contributed by atoms with Crippen molar-refractivity contribution < 1.29 is 17.5 Å². The average Bonchev–Trinajstić information content (AvgIpc) is 2.85. The van der Waals surface area contributed by atoms with Gasteiger partial charge in [0.15, 0.2) is 11.6 Å². The largest absolute Gasteiger partial charge is 0.484 e. The summed E-state index contributed by atoms with van der Waals surface area (Å²) in [6.45, 7) is 4.06. The van der Waals surface area contributed by atoms with Gasteiger partial charge in [0.25, 0.3) is 9.05 Å². The van der Waals surface area contributed by atoms with Crippen molar-refractivity contribution in [3.05, 3.63) is 42.0 Å². The molecule has 114 valence electrons. The van der Waals surface area contributed by atoms with Gasteiger partial charge in [0.05, 0.1) is 10.6 Å². The maximum absolute atomic E-state index is 13.7. The van der Waals surface area contributed by atoms with Crippen molar-refractivity contribution in [1.82, 2.24) is 9.78 Å². The highest BCUT2D eigenvalue weighted by Gasteiger charge is 2.14. The summed E-state index contributed by atoms with van der Waals surface area (Å²) in [6, 6.07) is 5.24. The number of ether oxygens (including phenoxy) is 1. The molecule has 0 aliphatic rings. The standard InChI is InChI=1S/C13H14ClFN2O3S/c1-9(2)17-6-5-10(16-17)8-20-13-4-3-11(7-12(13)15)21(14,18)19/h3-7,9H,8H2,1-2H3. The van der Waals surface area contributed by atoms with Gasteiger partial charge in [-0.15, -0.1) is 0 Å². The van der Waals surface area contributed by atoms with E-state index in [1.165, 1.54) is 12.1 Å². The Labute approximate surface area is 126 Å². The van der Waals surface area contributed by atoms with Crippen LogP contribution < -0.4 is 4.74 Å². The third-order valence-electron chi connectivity index (χ3n) is 2.75.